The molecule has 0 amide bonds. The van der Waals surface area contributed by atoms with Crippen molar-refractivity contribution < 1.29 is 23.9 Å². The third kappa shape index (κ3) is 2.70. The van der Waals surface area contributed by atoms with Crippen LogP contribution in [0.3, 0.4) is 0 Å². The topological polar surface area (TPSA) is 91.1 Å². The number of carbonyl (C=O) groups excluding carboxylic acids is 1. The van der Waals surface area contributed by atoms with Crippen molar-refractivity contribution in [2.75, 3.05) is 20.7 Å². The predicted octanol–water partition coefficient (Wildman–Crippen LogP) is 3.27. The van der Waals surface area contributed by atoms with Crippen LogP contribution in [0.4, 0.5) is 5.69 Å². The van der Waals surface area contributed by atoms with Crippen LogP contribution in [-0.2, 0) is 16.6 Å². The smallest absolute Gasteiger partial charge is 0.338 e. The van der Waals surface area contributed by atoms with E-state index in [0.29, 0.717) is 11.8 Å². The average molecular weight is 448 g/mol. The number of hydrogen-bond acceptors (Lipinski definition) is 7. The minimum absolute atomic E-state index is 0.0698. The van der Waals surface area contributed by atoms with Gasteiger partial charge in [-0.3, -0.25) is 10.1 Å². The summed E-state index contributed by atoms with van der Waals surface area (Å²) in [4.78, 5) is 25.8. The molecule has 2 aromatic rings. The van der Waals surface area contributed by atoms with E-state index < -0.39 is 17.0 Å². The first-order chi connectivity index (χ1) is 15.9. The maximum atomic E-state index is 12.9. The Labute approximate surface area is 190 Å². The van der Waals surface area contributed by atoms with Crippen LogP contribution < -0.4 is 9.47 Å². The number of nitrogens with zero attached hydrogens (tertiary/aromatic N) is 2. The molecule has 8 heteroatoms. The number of non-ortho nitro benzene ring substituents is 1. The Hall–Kier alpha value is -3.39. The summed E-state index contributed by atoms with van der Waals surface area (Å²) in [5.74, 6) is 1.21. The minimum Gasteiger partial charge on any atom is -0.493 e. The van der Waals surface area contributed by atoms with Crippen molar-refractivity contribution in [3.05, 3.63) is 75.4 Å². The zero-order chi connectivity index (χ0) is 22.9. The largest absolute Gasteiger partial charge is 0.493 e. The number of rotatable bonds is 4. The van der Waals surface area contributed by atoms with E-state index >= 15 is 0 Å². The highest BCUT2D eigenvalue weighted by Gasteiger charge is 2.65. The quantitative estimate of drug-likeness (QED) is 0.307. The zero-order valence-electron chi connectivity index (χ0n) is 18.4. The van der Waals surface area contributed by atoms with Crippen LogP contribution in [0.2, 0.25) is 0 Å². The van der Waals surface area contributed by atoms with Crippen LogP contribution in [0.5, 0.6) is 11.5 Å². The molecule has 2 aliphatic carbocycles. The SMILES string of the molecule is COc1ccc2c3c1O[C@H]1[C@@H](OC(=O)c4ccc([N+](=O)[O-])cc4)C=C[C@H]4[C@@H](C2)N(C)CC[C@@]341. The number of nitro benzene ring substituents is 1. The minimum atomic E-state index is -0.573. The molecule has 2 heterocycles. The summed E-state index contributed by atoms with van der Waals surface area (Å²) in [7, 11) is 3.82. The first-order valence-electron chi connectivity index (χ1n) is 11.1. The van der Waals surface area contributed by atoms with Gasteiger partial charge in [-0.05, 0) is 56.3 Å². The summed E-state index contributed by atoms with van der Waals surface area (Å²) in [5, 5.41) is 10.9. The fraction of sp³-hybridized carbons (Fsp3) is 0.400. The lowest BCUT2D eigenvalue weighted by molar-refractivity contribution is -0.384. The summed E-state index contributed by atoms with van der Waals surface area (Å²) in [6, 6.07) is 9.93. The molecule has 1 saturated heterocycles. The van der Waals surface area contributed by atoms with Crippen molar-refractivity contribution in [3.63, 3.8) is 0 Å². The van der Waals surface area contributed by atoms with E-state index in [1.54, 1.807) is 7.11 Å². The number of ether oxygens (including phenoxy) is 3. The van der Waals surface area contributed by atoms with E-state index in [1.807, 2.05) is 12.1 Å². The molecule has 8 nitrogen and oxygen atoms in total. The van der Waals surface area contributed by atoms with E-state index in [4.69, 9.17) is 14.2 Å². The Morgan fingerprint density at radius 1 is 1.21 bits per heavy atom. The molecule has 1 fully saturated rings. The van der Waals surface area contributed by atoms with Crippen molar-refractivity contribution in [2.45, 2.75) is 36.5 Å². The summed E-state index contributed by atoms with van der Waals surface area (Å²) in [6.07, 6.45) is 5.08. The van der Waals surface area contributed by atoms with Gasteiger partial charge in [-0.1, -0.05) is 12.1 Å². The number of esters is 1. The fourth-order valence-electron chi connectivity index (χ4n) is 6.38. The number of piperidine rings is 1. The Kier molecular flexibility index (Phi) is 4.32. The molecule has 170 valence electrons. The number of likely N-dealkylation sites (tertiary alicyclic amines) is 1. The van der Waals surface area contributed by atoms with Crippen molar-refractivity contribution in [3.8, 4) is 11.5 Å². The molecule has 2 aromatic carbocycles. The van der Waals surface area contributed by atoms with Crippen LogP contribution in [-0.4, -0.2) is 54.7 Å². The molecular formula is C25H24N2O6. The lowest BCUT2D eigenvalue weighted by atomic mass is 9.53. The zero-order valence-corrected chi connectivity index (χ0v) is 18.4. The first kappa shape index (κ1) is 20.2. The number of likely N-dealkylation sites (N-methyl/N-ethyl adjacent to an activating group) is 1. The van der Waals surface area contributed by atoms with Gasteiger partial charge >= 0.3 is 5.97 Å². The number of methoxy groups -OCH3 is 1. The van der Waals surface area contributed by atoms with Gasteiger partial charge < -0.3 is 19.1 Å². The van der Waals surface area contributed by atoms with Crippen molar-refractivity contribution in [1.82, 2.24) is 4.90 Å². The molecule has 33 heavy (non-hydrogen) atoms. The number of hydrogen-bond donors (Lipinski definition) is 0. The lowest BCUT2D eigenvalue weighted by Crippen LogP contribution is -2.65. The Morgan fingerprint density at radius 2 is 2.00 bits per heavy atom. The standard InChI is InChI=1S/C25H24N2O6/c1-26-12-11-25-17-8-10-20(32-24(28)14-3-6-16(7-4-14)27(29)30)23(25)33-22-19(31-2)9-5-15(21(22)25)13-18(17)26/h3-10,17-18,20,23H,11-13H2,1-2H3/t17-,18+,20-,23-,25-/m0/s1. The van der Waals surface area contributed by atoms with Gasteiger partial charge in [-0.2, -0.15) is 0 Å². The molecule has 0 N–H and O–H groups in total. The van der Waals surface area contributed by atoms with Gasteiger partial charge in [-0.25, -0.2) is 4.79 Å². The summed E-state index contributed by atoms with van der Waals surface area (Å²) < 4.78 is 18.2. The van der Waals surface area contributed by atoms with Crippen LogP contribution in [0.25, 0.3) is 0 Å². The Morgan fingerprint density at radius 3 is 2.73 bits per heavy atom. The first-order valence-corrected chi connectivity index (χ1v) is 11.1. The molecule has 4 aliphatic rings. The van der Waals surface area contributed by atoms with Gasteiger partial charge in [0.1, 0.15) is 6.10 Å². The monoisotopic (exact) mass is 448 g/mol. The van der Waals surface area contributed by atoms with Crippen molar-refractivity contribution >= 4 is 11.7 Å². The number of carbonyl (C=O) groups is 1. The highest BCUT2D eigenvalue weighted by molar-refractivity contribution is 5.90. The molecule has 1 spiro atoms. The second-order valence-electron chi connectivity index (χ2n) is 9.30. The fourth-order valence-corrected chi connectivity index (χ4v) is 6.38. The third-order valence-corrected chi connectivity index (χ3v) is 7.89. The van der Waals surface area contributed by atoms with E-state index in [2.05, 4.69) is 24.1 Å². The average Bonchev–Trinajstić information content (AvgIpc) is 3.17. The number of nitro groups is 1. The van der Waals surface area contributed by atoms with Crippen LogP contribution >= 0.6 is 0 Å². The molecule has 2 bridgehead atoms. The van der Waals surface area contributed by atoms with E-state index in [-0.39, 0.29) is 28.7 Å². The maximum Gasteiger partial charge on any atom is 0.338 e. The third-order valence-electron chi connectivity index (χ3n) is 7.89. The molecule has 0 aromatic heterocycles. The van der Waals surface area contributed by atoms with Gasteiger partial charge in [-0.15, -0.1) is 0 Å². The summed E-state index contributed by atoms with van der Waals surface area (Å²) in [5.41, 5.74) is 2.41. The Balaban J connectivity index is 1.38. The van der Waals surface area contributed by atoms with Crippen molar-refractivity contribution in [1.29, 1.82) is 0 Å². The normalized spacial score (nSPS) is 30.8. The highest BCUT2D eigenvalue weighted by atomic mass is 16.6. The molecule has 0 radical (unpaired) electrons. The van der Waals surface area contributed by atoms with E-state index in [1.165, 1.54) is 35.4 Å². The van der Waals surface area contributed by atoms with Crippen LogP contribution in [0.15, 0.2) is 48.6 Å². The Bertz CT molecular complexity index is 1190. The maximum absolute atomic E-state index is 12.9. The second-order valence-corrected chi connectivity index (χ2v) is 9.30. The van der Waals surface area contributed by atoms with Crippen LogP contribution in [0.1, 0.15) is 27.9 Å². The molecule has 2 aliphatic heterocycles. The van der Waals surface area contributed by atoms with E-state index in [9.17, 15) is 14.9 Å². The number of benzene rings is 2. The van der Waals surface area contributed by atoms with Gasteiger partial charge in [0.05, 0.1) is 17.6 Å². The molecule has 5 atom stereocenters. The summed E-state index contributed by atoms with van der Waals surface area (Å²) in [6.45, 7) is 0.938. The second kappa shape index (κ2) is 7.05. The van der Waals surface area contributed by atoms with Gasteiger partial charge in [0.25, 0.3) is 5.69 Å². The lowest BCUT2D eigenvalue weighted by Gasteiger charge is -2.56. The molecule has 6 rings (SSSR count). The van der Waals surface area contributed by atoms with Gasteiger partial charge in [0.15, 0.2) is 17.6 Å². The summed E-state index contributed by atoms with van der Waals surface area (Å²) >= 11 is 0. The highest BCUT2D eigenvalue weighted by Crippen LogP contribution is 2.62. The van der Waals surface area contributed by atoms with Crippen molar-refractivity contribution in [2.24, 2.45) is 5.92 Å². The van der Waals surface area contributed by atoms with Gasteiger partial charge in [0, 0.05) is 35.1 Å². The molecule has 0 saturated carbocycles. The molecular weight excluding hydrogens is 424 g/mol. The van der Waals surface area contributed by atoms with Gasteiger partial charge in [0.2, 0.25) is 0 Å². The van der Waals surface area contributed by atoms with E-state index in [0.717, 1.165) is 25.1 Å². The van der Waals surface area contributed by atoms with Crippen LogP contribution in [0, 0.1) is 16.0 Å². The molecule has 0 unspecified atom stereocenters. The predicted molar refractivity (Wildman–Crippen MR) is 119 cm³/mol.